The fourth-order valence-electron chi connectivity index (χ4n) is 2.45. The van der Waals surface area contributed by atoms with Gasteiger partial charge in [-0.1, -0.05) is 6.07 Å². The highest BCUT2D eigenvalue weighted by Gasteiger charge is 2.15. The van der Waals surface area contributed by atoms with Crippen molar-refractivity contribution in [2.75, 3.05) is 31.1 Å². The summed E-state index contributed by atoms with van der Waals surface area (Å²) in [4.78, 5) is 6.60. The fourth-order valence-corrected chi connectivity index (χ4v) is 2.82. The number of nitrogens with one attached hydrogen (secondary N) is 1. The number of fused-ring (bicyclic) bond motifs is 1. The van der Waals surface area contributed by atoms with Crippen LogP contribution in [0.3, 0.4) is 0 Å². The summed E-state index contributed by atoms with van der Waals surface area (Å²) in [5.41, 5.74) is 0. The van der Waals surface area contributed by atoms with E-state index in [2.05, 4.69) is 15.2 Å². The quantitative estimate of drug-likeness (QED) is 0.842. The van der Waals surface area contributed by atoms with Crippen LogP contribution in [0.2, 0.25) is 0 Å². The van der Waals surface area contributed by atoms with Gasteiger partial charge in [-0.05, 0) is 23.6 Å². The standard InChI is InChI=1S/C13H16N4O3S/c14-21(18,19)20-11-2-1-10-3-4-16-13(12(10)9-11)17-7-5-15-6-8-17/h1-4,9,15H,5-8H2,(H2,14,18,19). The smallest absolute Gasteiger partial charge is 0.371 e. The first kappa shape index (κ1) is 14.1. The van der Waals surface area contributed by atoms with Gasteiger partial charge in [0.1, 0.15) is 11.6 Å². The normalized spacial score (nSPS) is 16.1. The molecule has 0 spiro atoms. The maximum atomic E-state index is 11.0. The molecular formula is C13H16N4O3S. The molecule has 1 fully saturated rings. The summed E-state index contributed by atoms with van der Waals surface area (Å²) in [6, 6.07) is 6.91. The third-order valence-electron chi connectivity index (χ3n) is 3.35. The zero-order valence-electron chi connectivity index (χ0n) is 11.3. The summed E-state index contributed by atoms with van der Waals surface area (Å²) >= 11 is 0. The summed E-state index contributed by atoms with van der Waals surface area (Å²) in [5, 5.41) is 10.0. The summed E-state index contributed by atoms with van der Waals surface area (Å²) in [7, 11) is -4.03. The van der Waals surface area contributed by atoms with Gasteiger partial charge in [0.15, 0.2) is 0 Å². The van der Waals surface area contributed by atoms with Gasteiger partial charge in [-0.3, -0.25) is 0 Å². The number of aromatic nitrogens is 1. The van der Waals surface area contributed by atoms with Gasteiger partial charge >= 0.3 is 10.3 Å². The number of rotatable bonds is 3. The maximum Gasteiger partial charge on any atom is 0.380 e. The van der Waals surface area contributed by atoms with Crippen LogP contribution in [0.5, 0.6) is 5.75 Å². The molecule has 2 aromatic rings. The van der Waals surface area contributed by atoms with E-state index in [4.69, 9.17) is 9.32 Å². The summed E-state index contributed by atoms with van der Waals surface area (Å²) in [5.74, 6) is 1.02. The third-order valence-corrected chi connectivity index (χ3v) is 3.77. The van der Waals surface area contributed by atoms with Gasteiger partial charge in [-0.25, -0.2) is 4.98 Å². The van der Waals surface area contributed by atoms with Crippen molar-refractivity contribution in [3.05, 3.63) is 30.5 Å². The van der Waals surface area contributed by atoms with Crippen LogP contribution >= 0.6 is 0 Å². The van der Waals surface area contributed by atoms with E-state index in [0.717, 1.165) is 42.8 Å². The van der Waals surface area contributed by atoms with E-state index in [9.17, 15) is 8.42 Å². The van der Waals surface area contributed by atoms with Gasteiger partial charge in [0.05, 0.1) is 0 Å². The first-order valence-corrected chi connectivity index (χ1v) is 8.07. The molecule has 21 heavy (non-hydrogen) atoms. The topological polar surface area (TPSA) is 97.5 Å². The molecule has 2 heterocycles. The number of hydrogen-bond donors (Lipinski definition) is 2. The van der Waals surface area contributed by atoms with Crippen molar-refractivity contribution >= 4 is 26.9 Å². The first-order chi connectivity index (χ1) is 10.0. The SMILES string of the molecule is NS(=O)(=O)Oc1ccc2ccnc(N3CCNCC3)c2c1. The second kappa shape index (κ2) is 5.47. The summed E-state index contributed by atoms with van der Waals surface area (Å²) < 4.78 is 26.8. The minimum atomic E-state index is -4.03. The second-order valence-electron chi connectivity index (χ2n) is 4.83. The number of anilines is 1. The Morgan fingerprint density at radius 1 is 1.24 bits per heavy atom. The Balaban J connectivity index is 2.05. The lowest BCUT2D eigenvalue weighted by Crippen LogP contribution is -2.43. The van der Waals surface area contributed by atoms with Crippen LogP contribution in [0, 0.1) is 0 Å². The number of hydrogen-bond acceptors (Lipinski definition) is 6. The molecule has 8 heteroatoms. The minimum Gasteiger partial charge on any atom is -0.371 e. The van der Waals surface area contributed by atoms with Gasteiger partial charge in [-0.15, -0.1) is 0 Å². The molecule has 1 saturated heterocycles. The van der Waals surface area contributed by atoms with Crippen molar-refractivity contribution in [3.63, 3.8) is 0 Å². The largest absolute Gasteiger partial charge is 0.380 e. The lowest BCUT2D eigenvalue weighted by atomic mass is 10.1. The van der Waals surface area contributed by atoms with Gasteiger partial charge in [0, 0.05) is 37.8 Å². The number of benzene rings is 1. The van der Waals surface area contributed by atoms with Crippen LogP contribution < -0.4 is 19.5 Å². The van der Waals surface area contributed by atoms with E-state index < -0.39 is 10.3 Å². The Bertz CT molecular complexity index is 757. The van der Waals surface area contributed by atoms with Crippen molar-refractivity contribution in [1.82, 2.24) is 10.3 Å². The molecule has 0 aliphatic carbocycles. The molecule has 1 aliphatic rings. The van der Waals surface area contributed by atoms with E-state index in [1.165, 1.54) is 0 Å². The van der Waals surface area contributed by atoms with E-state index in [-0.39, 0.29) is 5.75 Å². The molecule has 1 aliphatic heterocycles. The van der Waals surface area contributed by atoms with Crippen LogP contribution in [0.15, 0.2) is 30.5 Å². The molecule has 0 bridgehead atoms. The molecule has 3 rings (SSSR count). The highest BCUT2D eigenvalue weighted by Crippen LogP contribution is 2.28. The van der Waals surface area contributed by atoms with Crippen LogP contribution in [0.1, 0.15) is 0 Å². The molecule has 112 valence electrons. The third kappa shape index (κ3) is 3.23. The molecule has 1 aromatic heterocycles. The highest BCUT2D eigenvalue weighted by atomic mass is 32.2. The van der Waals surface area contributed by atoms with Crippen molar-refractivity contribution in [2.24, 2.45) is 5.14 Å². The van der Waals surface area contributed by atoms with E-state index >= 15 is 0 Å². The zero-order valence-corrected chi connectivity index (χ0v) is 12.1. The molecule has 3 N–H and O–H groups in total. The minimum absolute atomic E-state index is 0.189. The van der Waals surface area contributed by atoms with Crippen LogP contribution in [-0.4, -0.2) is 39.6 Å². The van der Waals surface area contributed by atoms with E-state index in [1.807, 2.05) is 6.07 Å². The Labute approximate surface area is 123 Å². The lowest BCUT2D eigenvalue weighted by molar-refractivity contribution is 0.488. The molecule has 0 saturated carbocycles. The van der Waals surface area contributed by atoms with Crippen molar-refractivity contribution < 1.29 is 12.6 Å². The lowest BCUT2D eigenvalue weighted by Gasteiger charge is -2.29. The van der Waals surface area contributed by atoms with Crippen LogP contribution in [0.25, 0.3) is 10.8 Å². The summed E-state index contributed by atoms with van der Waals surface area (Å²) in [6.45, 7) is 3.50. The van der Waals surface area contributed by atoms with Crippen LogP contribution in [0.4, 0.5) is 5.82 Å². The first-order valence-electron chi connectivity index (χ1n) is 6.59. The monoisotopic (exact) mass is 308 g/mol. The molecular weight excluding hydrogens is 292 g/mol. The van der Waals surface area contributed by atoms with Crippen molar-refractivity contribution in [3.8, 4) is 5.75 Å². The van der Waals surface area contributed by atoms with Gasteiger partial charge in [0.25, 0.3) is 0 Å². The Hall–Kier alpha value is -1.90. The van der Waals surface area contributed by atoms with E-state index in [1.54, 1.807) is 24.4 Å². The molecule has 0 unspecified atom stereocenters. The molecule has 0 atom stereocenters. The molecule has 1 aromatic carbocycles. The summed E-state index contributed by atoms with van der Waals surface area (Å²) in [6.07, 6.45) is 1.75. The fraction of sp³-hybridized carbons (Fsp3) is 0.308. The van der Waals surface area contributed by atoms with E-state index in [0.29, 0.717) is 0 Å². The van der Waals surface area contributed by atoms with Gasteiger partial charge < -0.3 is 14.4 Å². The average Bonchev–Trinajstić information content (AvgIpc) is 2.46. The molecule has 0 radical (unpaired) electrons. The number of pyridine rings is 1. The predicted octanol–water partition coefficient (Wildman–Crippen LogP) is 0.227. The Kier molecular flexibility index (Phi) is 3.66. The predicted molar refractivity (Wildman–Crippen MR) is 80.6 cm³/mol. The number of nitrogens with zero attached hydrogens (tertiary/aromatic N) is 2. The number of piperazine rings is 1. The van der Waals surface area contributed by atoms with Gasteiger partial charge in [-0.2, -0.15) is 13.6 Å². The number of nitrogens with two attached hydrogens (primary N) is 1. The zero-order chi connectivity index (χ0) is 14.9. The maximum absolute atomic E-state index is 11.0. The van der Waals surface area contributed by atoms with Crippen LogP contribution in [-0.2, 0) is 10.3 Å². The average molecular weight is 308 g/mol. The Morgan fingerprint density at radius 2 is 2.00 bits per heavy atom. The molecule has 7 nitrogen and oxygen atoms in total. The van der Waals surface area contributed by atoms with Crippen molar-refractivity contribution in [2.45, 2.75) is 0 Å². The van der Waals surface area contributed by atoms with Gasteiger partial charge in [0.2, 0.25) is 0 Å². The molecule has 0 amide bonds. The second-order valence-corrected chi connectivity index (χ2v) is 5.98. The Morgan fingerprint density at radius 3 is 2.71 bits per heavy atom. The van der Waals surface area contributed by atoms with Crippen molar-refractivity contribution in [1.29, 1.82) is 0 Å². The highest BCUT2D eigenvalue weighted by molar-refractivity contribution is 7.84.